The quantitative estimate of drug-likeness (QED) is 0.597. The predicted octanol–water partition coefficient (Wildman–Crippen LogP) is 4.19. The van der Waals surface area contributed by atoms with Crippen LogP contribution in [-0.2, 0) is 0 Å². The summed E-state index contributed by atoms with van der Waals surface area (Å²) >= 11 is 0. The molecule has 0 N–H and O–H groups in total. The summed E-state index contributed by atoms with van der Waals surface area (Å²) in [7, 11) is 0. The molecule has 102 valence electrons. The number of aldehydes is 1. The Kier molecular flexibility index (Phi) is 7.70. The standard InChI is InChI=1S/C14H12O3.2CH4/c15-10-12-6-8-14(9-7-12)17-11-16-13-4-2-1-3-5-13;;/h1-10H,11H2;2*1H4. The number of carbonyl (C=O) groups excluding carboxylic acids is 1. The molecule has 0 aliphatic carbocycles. The van der Waals surface area contributed by atoms with Crippen molar-refractivity contribution in [2.75, 3.05) is 6.79 Å². The summed E-state index contributed by atoms with van der Waals surface area (Å²) in [6, 6.07) is 16.3. The first-order valence-corrected chi connectivity index (χ1v) is 5.24. The van der Waals surface area contributed by atoms with Crippen molar-refractivity contribution in [3.63, 3.8) is 0 Å². The van der Waals surface area contributed by atoms with E-state index in [1.165, 1.54) is 0 Å². The van der Waals surface area contributed by atoms with E-state index in [9.17, 15) is 4.79 Å². The zero-order valence-corrected chi connectivity index (χ0v) is 9.21. The van der Waals surface area contributed by atoms with Crippen molar-refractivity contribution in [2.45, 2.75) is 14.9 Å². The highest BCUT2D eigenvalue weighted by molar-refractivity contribution is 5.74. The van der Waals surface area contributed by atoms with E-state index in [1.807, 2.05) is 30.3 Å². The average Bonchev–Trinajstić information content (AvgIpc) is 2.41. The van der Waals surface area contributed by atoms with Crippen LogP contribution in [0.1, 0.15) is 25.2 Å². The van der Waals surface area contributed by atoms with Crippen LogP contribution in [-0.4, -0.2) is 13.1 Å². The number of benzene rings is 2. The first-order chi connectivity index (χ1) is 8.38. The summed E-state index contributed by atoms with van der Waals surface area (Å²) in [5, 5.41) is 0. The van der Waals surface area contributed by atoms with E-state index in [0.29, 0.717) is 11.3 Å². The Labute approximate surface area is 114 Å². The predicted molar refractivity (Wildman–Crippen MR) is 77.9 cm³/mol. The van der Waals surface area contributed by atoms with Gasteiger partial charge in [0.25, 0.3) is 0 Å². The summed E-state index contributed by atoms with van der Waals surface area (Å²) in [6.07, 6.45) is 0.796. The average molecular weight is 260 g/mol. The van der Waals surface area contributed by atoms with Crippen LogP contribution in [0.15, 0.2) is 54.6 Å². The Bertz CT molecular complexity index is 463. The number of ether oxygens (including phenoxy) is 2. The van der Waals surface area contributed by atoms with Crippen molar-refractivity contribution in [3.05, 3.63) is 60.2 Å². The van der Waals surface area contributed by atoms with Crippen molar-refractivity contribution < 1.29 is 14.3 Å². The van der Waals surface area contributed by atoms with Gasteiger partial charge in [-0.3, -0.25) is 4.79 Å². The second-order valence-corrected chi connectivity index (χ2v) is 3.41. The second kappa shape index (κ2) is 8.75. The summed E-state index contributed by atoms with van der Waals surface area (Å²) in [4.78, 5) is 10.5. The minimum Gasteiger partial charge on any atom is -0.458 e. The minimum absolute atomic E-state index is 0. The molecule has 0 aliphatic heterocycles. The molecule has 2 rings (SSSR count). The summed E-state index contributed by atoms with van der Waals surface area (Å²) in [6.45, 7) is 0.143. The molecule has 0 spiro atoms. The van der Waals surface area contributed by atoms with Crippen molar-refractivity contribution in [2.24, 2.45) is 0 Å². The topological polar surface area (TPSA) is 35.5 Å². The monoisotopic (exact) mass is 260 g/mol. The molecule has 0 heterocycles. The Morgan fingerprint density at radius 1 is 0.789 bits per heavy atom. The summed E-state index contributed by atoms with van der Waals surface area (Å²) in [5.41, 5.74) is 0.626. The summed E-state index contributed by atoms with van der Waals surface area (Å²) in [5.74, 6) is 1.43. The van der Waals surface area contributed by atoms with Gasteiger partial charge in [-0.15, -0.1) is 0 Å². The van der Waals surface area contributed by atoms with Gasteiger partial charge in [-0.2, -0.15) is 0 Å². The fourth-order valence-corrected chi connectivity index (χ4v) is 1.32. The van der Waals surface area contributed by atoms with E-state index in [-0.39, 0.29) is 21.6 Å². The van der Waals surface area contributed by atoms with Crippen LogP contribution in [0.2, 0.25) is 0 Å². The maximum Gasteiger partial charge on any atom is 0.230 e. The zero-order valence-electron chi connectivity index (χ0n) is 9.21. The highest BCUT2D eigenvalue weighted by atomic mass is 16.7. The lowest BCUT2D eigenvalue weighted by Crippen LogP contribution is -2.05. The molecule has 3 nitrogen and oxygen atoms in total. The molecule has 19 heavy (non-hydrogen) atoms. The van der Waals surface area contributed by atoms with Crippen LogP contribution in [0.5, 0.6) is 11.5 Å². The van der Waals surface area contributed by atoms with E-state index in [1.54, 1.807) is 24.3 Å². The third-order valence-electron chi connectivity index (χ3n) is 2.21. The Morgan fingerprint density at radius 2 is 1.32 bits per heavy atom. The molecule has 0 saturated carbocycles. The molecule has 0 aliphatic rings. The Balaban J connectivity index is 0.00000162. The number of rotatable bonds is 5. The van der Waals surface area contributed by atoms with Crippen molar-refractivity contribution in [1.82, 2.24) is 0 Å². The molecule has 0 fully saturated rings. The lowest BCUT2D eigenvalue weighted by Gasteiger charge is -2.08. The molecular formula is C16H20O3. The van der Waals surface area contributed by atoms with Gasteiger partial charge in [0.05, 0.1) is 0 Å². The molecule has 0 saturated heterocycles. The lowest BCUT2D eigenvalue weighted by molar-refractivity contribution is 0.112. The van der Waals surface area contributed by atoms with E-state index >= 15 is 0 Å². The Hall–Kier alpha value is -2.29. The molecule has 0 amide bonds. The van der Waals surface area contributed by atoms with E-state index in [2.05, 4.69) is 0 Å². The molecule has 0 unspecified atom stereocenters. The second-order valence-electron chi connectivity index (χ2n) is 3.41. The van der Waals surface area contributed by atoms with Crippen LogP contribution in [0.4, 0.5) is 0 Å². The number of hydrogen-bond acceptors (Lipinski definition) is 3. The van der Waals surface area contributed by atoms with Gasteiger partial charge in [0.15, 0.2) is 0 Å². The zero-order chi connectivity index (χ0) is 11.9. The highest BCUT2D eigenvalue weighted by Gasteiger charge is 1.95. The molecule has 0 radical (unpaired) electrons. The molecule has 2 aromatic carbocycles. The molecule has 0 bridgehead atoms. The molecule has 0 aromatic heterocycles. The normalized spacial score (nSPS) is 8.63. The van der Waals surface area contributed by atoms with E-state index in [4.69, 9.17) is 9.47 Å². The minimum atomic E-state index is 0. The van der Waals surface area contributed by atoms with Gasteiger partial charge >= 0.3 is 0 Å². The molecule has 3 heteroatoms. The van der Waals surface area contributed by atoms with E-state index in [0.717, 1.165) is 12.0 Å². The maximum absolute atomic E-state index is 10.5. The van der Waals surface area contributed by atoms with Crippen LogP contribution in [0.3, 0.4) is 0 Å². The largest absolute Gasteiger partial charge is 0.458 e. The lowest BCUT2D eigenvalue weighted by atomic mass is 10.2. The third-order valence-corrected chi connectivity index (χ3v) is 2.21. The van der Waals surface area contributed by atoms with E-state index < -0.39 is 0 Å². The van der Waals surface area contributed by atoms with Crippen LogP contribution in [0, 0.1) is 0 Å². The molecular weight excluding hydrogens is 240 g/mol. The first-order valence-electron chi connectivity index (χ1n) is 5.24. The number of hydrogen-bond donors (Lipinski definition) is 0. The van der Waals surface area contributed by atoms with Gasteiger partial charge in [0.1, 0.15) is 17.8 Å². The fourth-order valence-electron chi connectivity index (χ4n) is 1.32. The van der Waals surface area contributed by atoms with Crippen LogP contribution >= 0.6 is 0 Å². The third kappa shape index (κ3) is 5.25. The van der Waals surface area contributed by atoms with Crippen molar-refractivity contribution in [1.29, 1.82) is 0 Å². The van der Waals surface area contributed by atoms with Gasteiger partial charge in [-0.1, -0.05) is 33.1 Å². The first kappa shape index (κ1) is 16.7. The molecule has 0 atom stereocenters. The fraction of sp³-hybridized carbons (Fsp3) is 0.188. The van der Waals surface area contributed by atoms with Gasteiger partial charge in [-0.05, 0) is 36.4 Å². The van der Waals surface area contributed by atoms with Crippen LogP contribution in [0.25, 0.3) is 0 Å². The van der Waals surface area contributed by atoms with Crippen molar-refractivity contribution >= 4 is 6.29 Å². The number of para-hydroxylation sites is 1. The smallest absolute Gasteiger partial charge is 0.230 e. The molecule has 2 aromatic rings. The van der Waals surface area contributed by atoms with Gasteiger partial charge in [-0.25, -0.2) is 0 Å². The van der Waals surface area contributed by atoms with Crippen LogP contribution < -0.4 is 9.47 Å². The van der Waals surface area contributed by atoms with Gasteiger partial charge < -0.3 is 9.47 Å². The highest BCUT2D eigenvalue weighted by Crippen LogP contribution is 2.12. The summed E-state index contributed by atoms with van der Waals surface area (Å²) < 4.78 is 10.7. The number of carbonyl (C=O) groups is 1. The SMILES string of the molecule is C.C.O=Cc1ccc(OCOc2ccccc2)cc1. The van der Waals surface area contributed by atoms with Gasteiger partial charge in [0, 0.05) is 5.56 Å². The van der Waals surface area contributed by atoms with Gasteiger partial charge in [0.2, 0.25) is 6.79 Å². The maximum atomic E-state index is 10.5. The van der Waals surface area contributed by atoms with Crippen molar-refractivity contribution in [3.8, 4) is 11.5 Å². The Morgan fingerprint density at radius 3 is 1.84 bits per heavy atom.